The van der Waals surface area contributed by atoms with Gasteiger partial charge in [0.2, 0.25) is 0 Å². The zero-order chi connectivity index (χ0) is 12.8. The lowest BCUT2D eigenvalue weighted by molar-refractivity contribution is 0.487. The second kappa shape index (κ2) is 6.90. The first kappa shape index (κ1) is 14.4. The van der Waals surface area contributed by atoms with Crippen molar-refractivity contribution in [1.82, 2.24) is 0 Å². The monoisotopic (exact) mass is 264 g/mol. The Hall–Kier alpha value is -0.700. The molecule has 0 saturated heterocycles. The fraction of sp³-hybridized carbons (Fsp3) is 0.538. The lowest BCUT2D eigenvalue weighted by Crippen LogP contribution is -1.99. The number of halogens is 4. The van der Waals surface area contributed by atoms with Crippen molar-refractivity contribution in [3.05, 3.63) is 35.1 Å². The first-order valence-electron chi connectivity index (χ1n) is 5.84. The molecule has 1 rings (SSSR count). The fourth-order valence-electron chi connectivity index (χ4n) is 1.68. The molecule has 0 nitrogen and oxygen atoms in total. The van der Waals surface area contributed by atoms with E-state index in [1.165, 1.54) is 0 Å². The summed E-state index contributed by atoms with van der Waals surface area (Å²) in [5.41, 5.74) is 0.0436. The zero-order valence-electron chi connectivity index (χ0n) is 9.78. The van der Waals surface area contributed by atoms with Gasteiger partial charge in [-0.2, -0.15) is 0 Å². The molecule has 4 heteroatoms. The highest BCUT2D eigenvalue weighted by Crippen LogP contribution is 2.30. The second-order valence-electron chi connectivity index (χ2n) is 4.10. The maximum Gasteiger partial charge on any atom is 0.161 e. The van der Waals surface area contributed by atoms with Crippen molar-refractivity contribution in [3.8, 4) is 0 Å². The van der Waals surface area contributed by atoms with Crippen LogP contribution in [0.15, 0.2) is 12.1 Å². The number of hydrogen-bond acceptors (Lipinski definition) is 0. The van der Waals surface area contributed by atoms with Gasteiger partial charge in [0.1, 0.15) is 5.82 Å². The van der Waals surface area contributed by atoms with E-state index in [4.69, 9.17) is 11.6 Å². The van der Waals surface area contributed by atoms with Crippen LogP contribution in [0.2, 0.25) is 0 Å². The molecular formula is C13H16ClF3. The Morgan fingerprint density at radius 3 is 2.29 bits per heavy atom. The van der Waals surface area contributed by atoms with Gasteiger partial charge in [-0.05, 0) is 12.5 Å². The van der Waals surface area contributed by atoms with Crippen LogP contribution in [0, 0.1) is 17.5 Å². The minimum Gasteiger partial charge on any atom is -0.207 e. The van der Waals surface area contributed by atoms with Crippen molar-refractivity contribution in [2.75, 3.05) is 0 Å². The lowest BCUT2D eigenvalue weighted by Gasteiger charge is -2.11. The van der Waals surface area contributed by atoms with E-state index in [9.17, 15) is 13.2 Å². The van der Waals surface area contributed by atoms with Crippen LogP contribution < -0.4 is 0 Å². The molecule has 0 aliphatic carbocycles. The fourth-order valence-corrected chi connectivity index (χ4v) is 2.01. The van der Waals surface area contributed by atoms with Crippen LogP contribution in [0.5, 0.6) is 0 Å². The quantitative estimate of drug-likeness (QED) is 0.369. The van der Waals surface area contributed by atoms with E-state index in [2.05, 4.69) is 6.92 Å². The van der Waals surface area contributed by atoms with Gasteiger partial charge in [0.15, 0.2) is 11.6 Å². The van der Waals surface area contributed by atoms with E-state index < -0.39 is 22.8 Å². The van der Waals surface area contributed by atoms with E-state index in [0.29, 0.717) is 12.5 Å². The lowest BCUT2D eigenvalue weighted by atomic mass is 10.0. The molecule has 96 valence electrons. The zero-order valence-corrected chi connectivity index (χ0v) is 10.5. The molecule has 17 heavy (non-hydrogen) atoms. The molecule has 0 heterocycles. The molecule has 0 N–H and O–H groups in total. The average Bonchev–Trinajstić information content (AvgIpc) is 2.29. The molecule has 0 aromatic heterocycles. The van der Waals surface area contributed by atoms with Crippen LogP contribution in [0.3, 0.4) is 0 Å². The van der Waals surface area contributed by atoms with Gasteiger partial charge in [-0.1, -0.05) is 32.6 Å². The number of alkyl halides is 1. The van der Waals surface area contributed by atoms with Gasteiger partial charge in [0.05, 0.1) is 5.38 Å². The van der Waals surface area contributed by atoms with Crippen LogP contribution in [-0.4, -0.2) is 0 Å². The number of unbranched alkanes of at least 4 members (excludes halogenated alkanes) is 3. The molecule has 0 radical (unpaired) electrons. The Morgan fingerprint density at radius 2 is 1.65 bits per heavy atom. The Kier molecular flexibility index (Phi) is 5.83. The summed E-state index contributed by atoms with van der Waals surface area (Å²) in [6, 6.07) is 1.40. The molecular weight excluding hydrogens is 249 g/mol. The number of benzene rings is 1. The topological polar surface area (TPSA) is 0 Å². The van der Waals surface area contributed by atoms with Gasteiger partial charge in [0, 0.05) is 11.6 Å². The molecule has 1 aromatic carbocycles. The number of rotatable bonds is 6. The third-order valence-electron chi connectivity index (χ3n) is 2.69. The van der Waals surface area contributed by atoms with Crippen molar-refractivity contribution in [3.63, 3.8) is 0 Å². The molecule has 0 fully saturated rings. The van der Waals surface area contributed by atoms with Gasteiger partial charge < -0.3 is 0 Å². The SMILES string of the molecule is CCCCCCC(Cl)c1cc(F)c(F)cc1F. The first-order valence-corrected chi connectivity index (χ1v) is 6.28. The summed E-state index contributed by atoms with van der Waals surface area (Å²) in [4.78, 5) is 0. The molecule has 1 unspecified atom stereocenters. The third-order valence-corrected chi connectivity index (χ3v) is 3.14. The van der Waals surface area contributed by atoms with Crippen LogP contribution in [0.1, 0.15) is 50.0 Å². The van der Waals surface area contributed by atoms with Crippen LogP contribution in [0.25, 0.3) is 0 Å². The first-order chi connectivity index (χ1) is 8.06. The Morgan fingerprint density at radius 1 is 1.00 bits per heavy atom. The Balaban J connectivity index is 2.62. The molecule has 0 saturated carbocycles. The maximum atomic E-state index is 13.4. The molecule has 0 bridgehead atoms. The van der Waals surface area contributed by atoms with Crippen LogP contribution >= 0.6 is 11.6 Å². The largest absolute Gasteiger partial charge is 0.207 e. The van der Waals surface area contributed by atoms with E-state index in [1.807, 2.05) is 0 Å². The van der Waals surface area contributed by atoms with E-state index in [0.717, 1.165) is 31.7 Å². The highest BCUT2D eigenvalue weighted by molar-refractivity contribution is 6.20. The summed E-state index contributed by atoms with van der Waals surface area (Å²) in [5.74, 6) is -3.01. The summed E-state index contributed by atoms with van der Waals surface area (Å²) in [7, 11) is 0. The molecule has 1 aromatic rings. The third kappa shape index (κ3) is 4.23. The van der Waals surface area contributed by atoms with Crippen LogP contribution in [-0.2, 0) is 0 Å². The number of hydrogen-bond donors (Lipinski definition) is 0. The summed E-state index contributed by atoms with van der Waals surface area (Å²) in [6.07, 6.45) is 4.66. The Bertz CT molecular complexity index is 366. The molecule has 0 spiro atoms. The van der Waals surface area contributed by atoms with Crippen molar-refractivity contribution < 1.29 is 13.2 Å². The van der Waals surface area contributed by atoms with Gasteiger partial charge in [0.25, 0.3) is 0 Å². The summed E-state index contributed by atoms with van der Waals surface area (Å²) in [6.45, 7) is 2.09. The van der Waals surface area contributed by atoms with Gasteiger partial charge in [-0.25, -0.2) is 13.2 Å². The smallest absolute Gasteiger partial charge is 0.161 e. The van der Waals surface area contributed by atoms with E-state index >= 15 is 0 Å². The second-order valence-corrected chi connectivity index (χ2v) is 4.63. The average molecular weight is 265 g/mol. The summed E-state index contributed by atoms with van der Waals surface area (Å²) < 4.78 is 39.0. The van der Waals surface area contributed by atoms with Crippen LogP contribution in [0.4, 0.5) is 13.2 Å². The predicted molar refractivity (Wildman–Crippen MR) is 63.7 cm³/mol. The molecule has 0 aliphatic rings. The van der Waals surface area contributed by atoms with Crippen molar-refractivity contribution >= 4 is 11.6 Å². The van der Waals surface area contributed by atoms with Crippen molar-refractivity contribution in [1.29, 1.82) is 0 Å². The highest BCUT2D eigenvalue weighted by Gasteiger charge is 2.16. The maximum absolute atomic E-state index is 13.4. The summed E-state index contributed by atoms with van der Waals surface area (Å²) >= 11 is 5.99. The van der Waals surface area contributed by atoms with Crippen molar-refractivity contribution in [2.45, 2.75) is 44.4 Å². The Labute approximate surface area is 105 Å². The van der Waals surface area contributed by atoms with Gasteiger partial charge >= 0.3 is 0 Å². The van der Waals surface area contributed by atoms with E-state index in [-0.39, 0.29) is 5.56 Å². The molecule has 1 atom stereocenters. The highest BCUT2D eigenvalue weighted by atomic mass is 35.5. The molecule has 0 aliphatic heterocycles. The minimum absolute atomic E-state index is 0.0436. The minimum atomic E-state index is -1.18. The normalized spacial score (nSPS) is 12.8. The molecule has 0 amide bonds. The standard InChI is InChI=1S/C13H16ClF3/c1-2-3-4-5-6-10(14)9-7-12(16)13(17)8-11(9)15/h7-8,10H,2-6H2,1H3. The predicted octanol–water partition coefficient (Wildman–Crippen LogP) is 5.35. The van der Waals surface area contributed by atoms with E-state index in [1.54, 1.807) is 0 Å². The van der Waals surface area contributed by atoms with Crippen molar-refractivity contribution in [2.24, 2.45) is 0 Å². The summed E-state index contributed by atoms with van der Waals surface area (Å²) in [5, 5.41) is -0.595. The van der Waals surface area contributed by atoms with Gasteiger partial charge in [-0.3, -0.25) is 0 Å². The van der Waals surface area contributed by atoms with Gasteiger partial charge in [-0.15, -0.1) is 11.6 Å².